The average Bonchev–Trinajstić information content (AvgIpc) is 3.03. The van der Waals surface area contributed by atoms with Gasteiger partial charge in [0.1, 0.15) is 29.6 Å². The first-order valence-electron chi connectivity index (χ1n) is 12.0. The Hall–Kier alpha value is -2.47. The molecule has 0 saturated carbocycles. The quantitative estimate of drug-likeness (QED) is 0.266. The monoisotopic (exact) mass is 515 g/mol. The van der Waals surface area contributed by atoms with Crippen molar-refractivity contribution in [3.8, 4) is 5.75 Å². The van der Waals surface area contributed by atoms with Gasteiger partial charge in [-0.2, -0.15) is 5.09 Å². The molecule has 2 amide bonds. The van der Waals surface area contributed by atoms with Gasteiger partial charge < -0.3 is 29.5 Å². The Morgan fingerprint density at radius 1 is 1.40 bits per heavy atom. The number of esters is 1. The first kappa shape index (κ1) is 24.2. The lowest BCUT2D eigenvalue weighted by atomic mass is 9.96. The first-order valence-corrected chi connectivity index (χ1v) is 12.5. The molecule has 1 aromatic carbocycles. The molecule has 1 fully saturated rings. The highest BCUT2D eigenvalue weighted by Crippen LogP contribution is 2.46. The van der Waals surface area contributed by atoms with E-state index < -0.39 is 62.5 Å². The van der Waals surface area contributed by atoms with Crippen LogP contribution in [-0.4, -0.2) is 76.4 Å². The van der Waals surface area contributed by atoms with Crippen molar-refractivity contribution in [2.45, 2.75) is 63.9 Å². The second-order valence-corrected chi connectivity index (χ2v) is 10.1. The van der Waals surface area contributed by atoms with Gasteiger partial charge in [-0.15, -0.1) is 0 Å². The van der Waals surface area contributed by atoms with Crippen molar-refractivity contribution in [2.24, 2.45) is 0 Å². The zero-order valence-corrected chi connectivity index (χ0v) is 20.7. The highest BCUT2D eigenvalue weighted by molar-refractivity contribution is 7.52. The number of rotatable bonds is 10. The maximum atomic E-state index is 13.8. The Morgan fingerprint density at radius 2 is 2.09 bits per heavy atom. The topological polar surface area (TPSA) is 156 Å². The number of hydrogen-bond acceptors (Lipinski definition) is 9. The summed E-state index contributed by atoms with van der Waals surface area (Å²) in [5, 5.41) is 26.6. The Kier molecular flexibility index (Phi) is 7.66. The molecule has 12 nitrogen and oxygen atoms in total. The van der Waals surface area contributed by atoms with Gasteiger partial charge in [0, 0.05) is 12.7 Å². The van der Waals surface area contributed by atoms with Crippen LogP contribution in [-0.2, 0) is 23.4 Å². The van der Waals surface area contributed by atoms with Crippen LogP contribution in [0.15, 0.2) is 42.6 Å². The summed E-state index contributed by atoms with van der Waals surface area (Å²) in [6, 6.07) is 5.81. The number of para-hydroxylation sites is 1. The molecule has 1 aromatic rings. The number of benzene rings is 1. The summed E-state index contributed by atoms with van der Waals surface area (Å²) in [6.45, 7) is 2.91. The predicted molar refractivity (Wildman–Crippen MR) is 124 cm³/mol. The van der Waals surface area contributed by atoms with Crippen molar-refractivity contribution in [1.82, 2.24) is 15.3 Å². The zero-order chi connectivity index (χ0) is 27.6. The number of carbonyl (C=O) groups excluding carboxylic acids is 2. The van der Waals surface area contributed by atoms with E-state index in [1.54, 1.807) is 38.1 Å². The van der Waals surface area contributed by atoms with Gasteiger partial charge in [-0.1, -0.05) is 18.2 Å². The highest BCUT2D eigenvalue weighted by atomic mass is 31.2. The molecule has 2 aliphatic heterocycles. The Morgan fingerprint density at radius 3 is 2.71 bits per heavy atom. The second kappa shape index (κ2) is 11.1. The Labute approximate surface area is 206 Å². The SMILES string of the molecule is [2H]C([2H])(OP(=O)(N[C@@H](C)C(=O)OC(C)C)Oc1ccccc1)[C@H]1OC(N2C=CCNC2=O)[C@](C)(O)[C@@H]1O. The minimum absolute atomic E-state index is 0.0337. The minimum Gasteiger partial charge on any atom is -0.462 e. The third-order valence-electron chi connectivity index (χ3n) is 5.10. The molecule has 3 rings (SSSR count). The van der Waals surface area contributed by atoms with Gasteiger partial charge in [-0.3, -0.25) is 14.2 Å². The summed E-state index contributed by atoms with van der Waals surface area (Å²) >= 11 is 0. The number of carbonyl (C=O) groups is 2. The zero-order valence-electron chi connectivity index (χ0n) is 21.8. The number of nitrogens with one attached hydrogen (secondary N) is 2. The summed E-state index contributed by atoms with van der Waals surface area (Å²) in [5.74, 6) is -0.759. The largest absolute Gasteiger partial charge is 0.462 e. The first-order chi connectivity index (χ1) is 17.2. The summed E-state index contributed by atoms with van der Waals surface area (Å²) < 4.78 is 52.1. The van der Waals surface area contributed by atoms with E-state index >= 15 is 0 Å². The summed E-state index contributed by atoms with van der Waals surface area (Å²) in [5.41, 5.74) is -2.15. The molecule has 2 heterocycles. The lowest BCUT2D eigenvalue weighted by molar-refractivity contribution is -0.149. The molecule has 0 radical (unpaired) electrons. The lowest BCUT2D eigenvalue weighted by Gasteiger charge is -2.34. The van der Waals surface area contributed by atoms with Crippen LogP contribution >= 0.6 is 7.75 Å². The van der Waals surface area contributed by atoms with Crippen molar-refractivity contribution >= 4 is 19.7 Å². The van der Waals surface area contributed by atoms with Gasteiger partial charge in [0.2, 0.25) is 0 Å². The van der Waals surface area contributed by atoms with Crippen LogP contribution in [0.5, 0.6) is 5.75 Å². The van der Waals surface area contributed by atoms with E-state index in [9.17, 15) is 24.4 Å². The van der Waals surface area contributed by atoms with E-state index in [0.717, 1.165) is 11.8 Å². The number of urea groups is 1. The van der Waals surface area contributed by atoms with E-state index in [1.165, 1.54) is 25.3 Å². The maximum Gasteiger partial charge on any atom is 0.459 e. The third-order valence-corrected chi connectivity index (χ3v) is 6.60. The van der Waals surface area contributed by atoms with Crippen molar-refractivity contribution in [1.29, 1.82) is 0 Å². The van der Waals surface area contributed by atoms with Gasteiger partial charge in [-0.25, -0.2) is 9.36 Å². The van der Waals surface area contributed by atoms with Crippen molar-refractivity contribution in [2.75, 3.05) is 13.1 Å². The van der Waals surface area contributed by atoms with Crippen LogP contribution < -0.4 is 14.9 Å². The van der Waals surface area contributed by atoms with Crippen LogP contribution in [0.3, 0.4) is 0 Å². The molecule has 13 heteroatoms. The van der Waals surface area contributed by atoms with Crippen LogP contribution in [0, 0.1) is 0 Å². The molecule has 4 N–H and O–H groups in total. The number of hydrogen-bond donors (Lipinski definition) is 4. The van der Waals surface area contributed by atoms with Gasteiger partial charge in [0.25, 0.3) is 0 Å². The van der Waals surface area contributed by atoms with E-state index in [1.807, 2.05) is 0 Å². The Balaban J connectivity index is 1.88. The minimum atomic E-state index is -4.71. The molecular weight excluding hydrogens is 481 g/mol. The number of ether oxygens (including phenoxy) is 2. The van der Waals surface area contributed by atoms with E-state index in [0.29, 0.717) is 0 Å². The fraction of sp³-hybridized carbons (Fsp3) is 0.545. The number of aliphatic hydroxyl groups excluding tert-OH is 1. The van der Waals surface area contributed by atoms with Gasteiger partial charge in [-0.05, 0) is 45.9 Å². The molecule has 0 aliphatic carbocycles. The molecule has 2 aliphatic rings. The van der Waals surface area contributed by atoms with Crippen molar-refractivity contribution in [3.05, 3.63) is 42.6 Å². The smallest absolute Gasteiger partial charge is 0.459 e. The lowest BCUT2D eigenvalue weighted by Crippen LogP contribution is -2.56. The van der Waals surface area contributed by atoms with Crippen LogP contribution in [0.25, 0.3) is 0 Å². The molecule has 2 unspecified atom stereocenters. The van der Waals surface area contributed by atoms with Gasteiger partial charge in [0.05, 0.1) is 15.4 Å². The highest BCUT2D eigenvalue weighted by Gasteiger charge is 2.56. The number of nitrogens with zero attached hydrogens (tertiary/aromatic N) is 1. The van der Waals surface area contributed by atoms with E-state index in [2.05, 4.69) is 10.4 Å². The third kappa shape index (κ3) is 6.60. The van der Waals surface area contributed by atoms with E-state index in [-0.39, 0.29) is 12.3 Å². The standard InChI is InChI=1S/C22H32N3O9P/c1-14(2)32-19(27)15(3)24-35(30,34-16-9-6-5-7-10-16)31-13-17-18(26)22(4,29)20(33-17)25-12-8-11-23-21(25)28/h5-10,12,14-15,17-18,20,26,29H,11,13H2,1-4H3,(H,23,28)(H,24,30)/t15-,17+,18+,20?,22+,35?/m0/s1/i13D2. The normalized spacial score (nSPS) is 30.2. The van der Waals surface area contributed by atoms with Crippen LogP contribution in [0.4, 0.5) is 4.79 Å². The molecule has 1 saturated heterocycles. The van der Waals surface area contributed by atoms with Gasteiger partial charge >= 0.3 is 19.7 Å². The van der Waals surface area contributed by atoms with Crippen molar-refractivity contribution in [3.63, 3.8) is 0 Å². The fourth-order valence-electron chi connectivity index (χ4n) is 3.34. The predicted octanol–water partition coefficient (Wildman–Crippen LogP) is 1.50. The van der Waals surface area contributed by atoms with Crippen LogP contribution in [0.2, 0.25) is 0 Å². The number of aliphatic hydroxyl groups is 2. The van der Waals surface area contributed by atoms with Crippen molar-refractivity contribution < 1.29 is 45.6 Å². The summed E-state index contributed by atoms with van der Waals surface area (Å²) in [6.07, 6.45) is -2.94. The molecule has 0 spiro atoms. The summed E-state index contributed by atoms with van der Waals surface area (Å²) in [4.78, 5) is 25.6. The van der Waals surface area contributed by atoms with E-state index in [4.69, 9.17) is 21.3 Å². The molecular formula is C22H32N3O9P. The second-order valence-electron chi connectivity index (χ2n) is 8.51. The molecule has 35 heavy (non-hydrogen) atoms. The summed E-state index contributed by atoms with van der Waals surface area (Å²) in [7, 11) is -4.71. The Bertz CT molecular complexity index is 1060. The molecule has 194 valence electrons. The molecule has 6 atom stereocenters. The maximum absolute atomic E-state index is 13.8. The molecule has 0 aromatic heterocycles. The van der Waals surface area contributed by atoms with Gasteiger partial charge in [0.15, 0.2) is 6.23 Å². The number of amides is 2. The van der Waals surface area contributed by atoms with Crippen LogP contribution in [0.1, 0.15) is 30.4 Å². The average molecular weight is 515 g/mol. The molecule has 0 bridgehead atoms. The fourth-order valence-corrected chi connectivity index (χ4v) is 4.70.